The van der Waals surface area contributed by atoms with E-state index in [0.29, 0.717) is 11.0 Å². The zero-order chi connectivity index (χ0) is 28.7. The summed E-state index contributed by atoms with van der Waals surface area (Å²) in [6.07, 6.45) is 20.6. The smallest absolute Gasteiger partial charge is 0.458 e. The summed E-state index contributed by atoms with van der Waals surface area (Å²) >= 11 is 0. The number of likely N-dealkylation sites (N-methyl/N-ethyl adjacent to an activating group) is 1. The van der Waals surface area contributed by atoms with Crippen LogP contribution in [0.4, 0.5) is 0 Å². The highest BCUT2D eigenvalue weighted by Crippen LogP contribution is 2.43. The van der Waals surface area contributed by atoms with Crippen molar-refractivity contribution in [2.75, 3.05) is 47.5 Å². The summed E-state index contributed by atoms with van der Waals surface area (Å²) in [6, 6.07) is 0. The second kappa shape index (κ2) is 21.9. The monoisotopic (exact) mass is 558 g/mol. The van der Waals surface area contributed by atoms with Crippen molar-refractivity contribution in [1.82, 2.24) is 0 Å². The molecule has 1 N–H and O–H groups in total. The lowest BCUT2D eigenvalue weighted by Crippen LogP contribution is -2.37. The van der Waals surface area contributed by atoms with E-state index in [0.717, 1.165) is 51.4 Å². The predicted molar refractivity (Wildman–Crippen MR) is 150 cm³/mol. The zero-order valence-electron chi connectivity index (χ0n) is 23.9. The average molecular weight is 559 g/mol. The van der Waals surface area contributed by atoms with Gasteiger partial charge in [-0.15, -0.1) is 0 Å². The van der Waals surface area contributed by atoms with Crippen molar-refractivity contribution in [3.63, 3.8) is 0 Å². The molecule has 0 aliphatic heterocycles. The molecule has 0 amide bonds. The Morgan fingerprint density at radius 2 is 1.37 bits per heavy atom. The molecule has 0 saturated carbocycles. The summed E-state index contributed by atoms with van der Waals surface area (Å²) < 4.78 is 33.2. The Hall–Kier alpha value is -2.03. The fourth-order valence-corrected chi connectivity index (χ4v) is 3.57. The number of hydrogen-bond donors (Lipinski definition) is 1. The lowest BCUT2D eigenvalue weighted by molar-refractivity contribution is -0.870. The molecular weight excluding hydrogens is 509 g/mol. The van der Waals surface area contributed by atoms with E-state index < -0.39 is 32.5 Å². The molecule has 0 bridgehead atoms. The highest BCUT2D eigenvalue weighted by Gasteiger charge is 2.26. The summed E-state index contributed by atoms with van der Waals surface area (Å²) in [4.78, 5) is 34.2. The molecule has 0 saturated heterocycles. The number of carbonyl (C=O) groups is 2. The largest absolute Gasteiger partial charge is 0.472 e. The number of allylic oxidation sites excluding steroid dienone is 6. The van der Waals surface area contributed by atoms with Crippen LogP contribution in [0.3, 0.4) is 0 Å². The maximum Gasteiger partial charge on any atom is 0.472 e. The van der Waals surface area contributed by atoms with Crippen molar-refractivity contribution in [2.24, 2.45) is 0 Å². The minimum absolute atomic E-state index is 0.000797. The van der Waals surface area contributed by atoms with Gasteiger partial charge in [-0.3, -0.25) is 9.05 Å². The van der Waals surface area contributed by atoms with Gasteiger partial charge in [-0.05, 0) is 25.7 Å². The highest BCUT2D eigenvalue weighted by molar-refractivity contribution is 7.47. The topological polar surface area (TPSA) is 108 Å². The Labute approximate surface area is 229 Å². The molecule has 0 rings (SSSR count). The van der Waals surface area contributed by atoms with Crippen LogP contribution in [-0.2, 0) is 32.7 Å². The van der Waals surface area contributed by atoms with Gasteiger partial charge in [0.15, 0.2) is 6.10 Å². The molecule has 0 spiro atoms. The van der Waals surface area contributed by atoms with Gasteiger partial charge >= 0.3 is 19.8 Å². The number of nitrogens with zero attached hydrogens (tertiary/aromatic N) is 1. The molecule has 0 aromatic heterocycles. The van der Waals surface area contributed by atoms with Gasteiger partial charge in [-0.1, -0.05) is 76.0 Å². The molecule has 1 unspecified atom stereocenters. The van der Waals surface area contributed by atoms with E-state index in [1.54, 1.807) is 24.3 Å². The van der Waals surface area contributed by atoms with E-state index in [9.17, 15) is 19.0 Å². The van der Waals surface area contributed by atoms with Crippen LogP contribution in [0.5, 0.6) is 0 Å². The van der Waals surface area contributed by atoms with Crippen molar-refractivity contribution >= 4 is 19.8 Å². The van der Waals surface area contributed by atoms with Crippen LogP contribution in [0.15, 0.2) is 48.6 Å². The molecule has 0 aromatic rings. The molecule has 38 heavy (non-hydrogen) atoms. The van der Waals surface area contributed by atoms with E-state index in [2.05, 4.69) is 13.8 Å². The number of ether oxygens (including phenoxy) is 2. The molecule has 0 aliphatic rings. The summed E-state index contributed by atoms with van der Waals surface area (Å²) in [5.41, 5.74) is 0. The Bertz CT molecular complexity index is 814. The zero-order valence-corrected chi connectivity index (χ0v) is 24.8. The lowest BCUT2D eigenvalue weighted by atomic mass is 10.2. The maximum absolute atomic E-state index is 12.2. The summed E-state index contributed by atoms with van der Waals surface area (Å²) in [5.74, 6) is -1.33. The molecule has 0 radical (unpaired) electrons. The van der Waals surface area contributed by atoms with Crippen molar-refractivity contribution in [2.45, 2.75) is 71.3 Å². The van der Waals surface area contributed by atoms with Crippen LogP contribution in [0.2, 0.25) is 0 Å². The number of unbranched alkanes of at least 4 members (excludes halogenated alkanes) is 6. The van der Waals surface area contributed by atoms with E-state index in [4.69, 9.17) is 18.5 Å². The molecule has 0 heterocycles. The van der Waals surface area contributed by atoms with Gasteiger partial charge < -0.3 is 18.9 Å². The predicted octanol–water partition coefficient (Wildman–Crippen LogP) is 5.67. The van der Waals surface area contributed by atoms with Gasteiger partial charge in [-0.2, -0.15) is 0 Å². The van der Waals surface area contributed by atoms with Crippen LogP contribution >= 0.6 is 7.82 Å². The number of phosphoric acid groups is 1. The average Bonchev–Trinajstić information content (AvgIpc) is 2.83. The first-order valence-corrected chi connectivity index (χ1v) is 14.9. The quantitative estimate of drug-likeness (QED) is 0.0452. The van der Waals surface area contributed by atoms with E-state index in [-0.39, 0.29) is 13.2 Å². The standard InChI is InChI=1S/C28H48NO8P/c1-6-8-10-12-14-16-18-20-27(30)34-24-26(25-36-38(32,33)35-23-22-29(3,4)5)37-28(31)21-19-17-15-13-11-9-7-2/h14-21,26H,6-13,22-25H2,1-5H3/p+1/b16-14+,17-15+,20-18+,21-19+/t26-/m0/s1. The third kappa shape index (κ3) is 24.3. The van der Waals surface area contributed by atoms with Gasteiger partial charge in [0, 0.05) is 12.2 Å². The SMILES string of the molecule is CCCCC/C=C/C=C/C(=O)OC[C@@H](COP(=O)(O)OCC[N+](C)(C)C)OC(=O)/C=C/C=C/CCCCC. The van der Waals surface area contributed by atoms with Gasteiger partial charge in [-0.25, -0.2) is 14.2 Å². The summed E-state index contributed by atoms with van der Waals surface area (Å²) in [6.45, 7) is 3.92. The molecule has 0 aromatic carbocycles. The normalized spacial score (nSPS) is 15.0. The molecule has 218 valence electrons. The van der Waals surface area contributed by atoms with Crippen LogP contribution in [-0.4, -0.2) is 74.9 Å². The number of rotatable bonds is 22. The third-order valence-corrected chi connectivity index (χ3v) is 6.03. The molecule has 10 heteroatoms. The minimum Gasteiger partial charge on any atom is -0.458 e. The number of hydrogen-bond acceptors (Lipinski definition) is 7. The first-order chi connectivity index (χ1) is 18.0. The van der Waals surface area contributed by atoms with Crippen molar-refractivity contribution < 1.29 is 42.1 Å². The third-order valence-electron chi connectivity index (χ3n) is 5.04. The fraction of sp³-hybridized carbons (Fsp3) is 0.643. The van der Waals surface area contributed by atoms with Gasteiger partial charge in [0.05, 0.1) is 27.7 Å². The van der Waals surface area contributed by atoms with Crippen molar-refractivity contribution in [1.29, 1.82) is 0 Å². The molecule has 0 aliphatic carbocycles. The molecule has 2 atom stereocenters. The number of quaternary nitrogens is 1. The maximum atomic E-state index is 12.2. The number of phosphoric ester groups is 1. The Morgan fingerprint density at radius 1 is 0.816 bits per heavy atom. The van der Waals surface area contributed by atoms with Crippen LogP contribution < -0.4 is 0 Å². The van der Waals surface area contributed by atoms with Crippen LogP contribution in [0.25, 0.3) is 0 Å². The van der Waals surface area contributed by atoms with Gasteiger partial charge in [0.25, 0.3) is 0 Å². The number of carbonyl (C=O) groups excluding carboxylic acids is 2. The van der Waals surface area contributed by atoms with E-state index in [1.807, 2.05) is 33.3 Å². The summed E-state index contributed by atoms with van der Waals surface area (Å²) in [5, 5.41) is 0. The Balaban J connectivity index is 4.91. The van der Waals surface area contributed by atoms with Crippen LogP contribution in [0, 0.1) is 0 Å². The van der Waals surface area contributed by atoms with E-state index >= 15 is 0 Å². The van der Waals surface area contributed by atoms with Gasteiger partial charge in [0.2, 0.25) is 0 Å². The second-order valence-electron chi connectivity index (χ2n) is 9.87. The van der Waals surface area contributed by atoms with Crippen molar-refractivity contribution in [3.05, 3.63) is 48.6 Å². The Kier molecular flexibility index (Phi) is 20.7. The number of esters is 2. The van der Waals surface area contributed by atoms with Crippen LogP contribution in [0.1, 0.15) is 65.2 Å². The highest BCUT2D eigenvalue weighted by atomic mass is 31.2. The minimum atomic E-state index is -4.39. The van der Waals surface area contributed by atoms with Crippen molar-refractivity contribution in [3.8, 4) is 0 Å². The molecule has 9 nitrogen and oxygen atoms in total. The summed E-state index contributed by atoms with van der Waals surface area (Å²) in [7, 11) is 1.36. The first kappa shape index (κ1) is 36.0. The van der Waals surface area contributed by atoms with Gasteiger partial charge in [0.1, 0.15) is 19.8 Å². The lowest BCUT2D eigenvalue weighted by Gasteiger charge is -2.24. The first-order valence-electron chi connectivity index (χ1n) is 13.4. The second-order valence-corrected chi connectivity index (χ2v) is 11.3. The Morgan fingerprint density at radius 3 is 1.89 bits per heavy atom. The fourth-order valence-electron chi connectivity index (χ4n) is 2.83. The van der Waals surface area contributed by atoms with E-state index in [1.165, 1.54) is 12.2 Å². The molecule has 0 fully saturated rings. The molecular formula is C28H49NO8P+.